The van der Waals surface area contributed by atoms with E-state index in [1.54, 1.807) is 0 Å². The quantitative estimate of drug-likeness (QED) is 0.313. The van der Waals surface area contributed by atoms with Gasteiger partial charge in [0.25, 0.3) is 0 Å². The summed E-state index contributed by atoms with van der Waals surface area (Å²) in [4.78, 5) is 4.56. The molecule has 7 heavy (non-hydrogen) atoms. The Balaban J connectivity index is 2.78. The van der Waals surface area contributed by atoms with Crippen molar-refractivity contribution in [2.75, 3.05) is 12.5 Å². The van der Waals surface area contributed by atoms with Gasteiger partial charge < -0.3 is 4.84 Å². The molecule has 0 spiro atoms. The van der Waals surface area contributed by atoms with Crippen molar-refractivity contribution in [1.29, 1.82) is 0 Å². The second-order valence-electron chi connectivity index (χ2n) is 0.860. The maximum absolute atomic E-state index is 5.21. The minimum absolute atomic E-state index is 0.417. The first kappa shape index (κ1) is 6.76. The van der Waals surface area contributed by atoms with Crippen molar-refractivity contribution in [1.82, 2.24) is 0 Å². The fourth-order valence-corrected chi connectivity index (χ4v) is 0.212. The maximum atomic E-state index is 5.21. The van der Waals surface area contributed by atoms with Crippen molar-refractivity contribution in [3.8, 4) is 0 Å². The number of nitrogens with zero attached hydrogens (tertiary/aromatic N) is 1. The van der Waals surface area contributed by atoms with Crippen LogP contribution in [0.2, 0.25) is 0 Å². The van der Waals surface area contributed by atoms with Gasteiger partial charge in [0.1, 0.15) is 6.61 Å². The van der Waals surface area contributed by atoms with Crippen LogP contribution in [0.3, 0.4) is 0 Å². The van der Waals surface area contributed by atoms with E-state index in [4.69, 9.17) is 11.6 Å². The highest BCUT2D eigenvalue weighted by Crippen LogP contribution is 1.72. The Morgan fingerprint density at radius 2 is 2.57 bits per heavy atom. The number of halogens is 1. The second kappa shape index (κ2) is 5.76. The molecule has 0 bridgehead atoms. The van der Waals surface area contributed by atoms with Gasteiger partial charge in [0.05, 0.1) is 12.1 Å². The molecule has 3 heteroatoms. The van der Waals surface area contributed by atoms with Gasteiger partial charge >= 0.3 is 0 Å². The molecule has 0 rings (SSSR count). The minimum atomic E-state index is 0.417. The van der Waals surface area contributed by atoms with Gasteiger partial charge in [0, 0.05) is 0 Å². The van der Waals surface area contributed by atoms with E-state index in [2.05, 4.69) is 9.99 Å². The van der Waals surface area contributed by atoms with Gasteiger partial charge in [0.2, 0.25) is 0 Å². The smallest absolute Gasteiger partial charge is 0.114 e. The average molecular weight is 122 g/mol. The van der Waals surface area contributed by atoms with Gasteiger partial charge in [0.15, 0.2) is 0 Å². The monoisotopic (exact) mass is 121 g/mol. The van der Waals surface area contributed by atoms with Crippen molar-refractivity contribution in [2.45, 2.75) is 6.92 Å². The van der Waals surface area contributed by atoms with Gasteiger partial charge in [-0.1, -0.05) is 5.16 Å². The van der Waals surface area contributed by atoms with Gasteiger partial charge in [-0.2, -0.15) is 0 Å². The minimum Gasteiger partial charge on any atom is -0.396 e. The molecule has 0 saturated carbocycles. The molecule has 0 aromatic carbocycles. The molecule has 0 fully saturated rings. The lowest BCUT2D eigenvalue weighted by Gasteiger charge is -1.85. The largest absolute Gasteiger partial charge is 0.396 e. The van der Waals surface area contributed by atoms with Gasteiger partial charge in [-0.3, -0.25) is 0 Å². The summed E-state index contributed by atoms with van der Waals surface area (Å²) in [6.45, 7) is 2.47. The van der Waals surface area contributed by atoms with Crippen molar-refractivity contribution in [2.24, 2.45) is 5.16 Å². The van der Waals surface area contributed by atoms with E-state index in [1.807, 2.05) is 6.92 Å². The van der Waals surface area contributed by atoms with Gasteiger partial charge in [-0.05, 0) is 6.92 Å². The van der Waals surface area contributed by atoms with E-state index in [0.717, 1.165) is 0 Å². The van der Waals surface area contributed by atoms with E-state index >= 15 is 0 Å². The van der Waals surface area contributed by atoms with Crippen LogP contribution in [-0.2, 0) is 4.84 Å². The fourth-order valence-electron chi connectivity index (χ4n) is 0.155. The fraction of sp³-hybridized carbons (Fsp3) is 0.750. The molecular weight excluding hydrogens is 114 g/mol. The number of hydrogen-bond acceptors (Lipinski definition) is 2. The zero-order valence-corrected chi connectivity index (χ0v) is 4.98. The maximum Gasteiger partial charge on any atom is 0.114 e. The summed E-state index contributed by atoms with van der Waals surface area (Å²) in [5, 5.41) is 3.45. The highest BCUT2D eigenvalue weighted by Gasteiger charge is 1.67. The van der Waals surface area contributed by atoms with Crippen LogP contribution >= 0.6 is 11.6 Å². The Kier molecular flexibility index (Phi) is 5.56. The SMILES string of the molecule is CCO/N=C/CCl. The van der Waals surface area contributed by atoms with Crippen LogP contribution in [0, 0.1) is 0 Å². The zero-order chi connectivity index (χ0) is 5.54. The van der Waals surface area contributed by atoms with E-state index in [-0.39, 0.29) is 0 Å². The lowest BCUT2D eigenvalue weighted by atomic mass is 10.9. The average Bonchev–Trinajstić information content (AvgIpc) is 1.69. The molecule has 0 saturated heterocycles. The van der Waals surface area contributed by atoms with Crippen LogP contribution in [-0.4, -0.2) is 18.7 Å². The van der Waals surface area contributed by atoms with Crippen molar-refractivity contribution < 1.29 is 4.84 Å². The predicted octanol–water partition coefficient (Wildman–Crippen LogP) is 1.25. The Morgan fingerprint density at radius 3 is 3.00 bits per heavy atom. The standard InChI is InChI=1S/C4H8ClNO/c1-2-7-6-4-3-5/h4H,2-3H2,1H3/b6-4+. The van der Waals surface area contributed by atoms with Crippen LogP contribution in [0.5, 0.6) is 0 Å². The third-order valence-electron chi connectivity index (χ3n) is 0.347. The zero-order valence-electron chi connectivity index (χ0n) is 4.22. The molecule has 42 valence electrons. The molecular formula is C4H8ClNO. The predicted molar refractivity (Wildman–Crippen MR) is 30.8 cm³/mol. The van der Waals surface area contributed by atoms with Crippen molar-refractivity contribution in [3.05, 3.63) is 0 Å². The molecule has 0 aliphatic carbocycles. The molecule has 0 aromatic heterocycles. The molecule has 0 heterocycles. The highest BCUT2D eigenvalue weighted by atomic mass is 35.5. The second-order valence-corrected chi connectivity index (χ2v) is 1.17. The molecule has 0 aliphatic rings. The topological polar surface area (TPSA) is 21.6 Å². The highest BCUT2D eigenvalue weighted by molar-refractivity contribution is 6.24. The molecule has 0 unspecified atom stereocenters. The molecule has 0 atom stereocenters. The van der Waals surface area contributed by atoms with Crippen LogP contribution in [0.4, 0.5) is 0 Å². The van der Waals surface area contributed by atoms with Crippen LogP contribution < -0.4 is 0 Å². The van der Waals surface area contributed by atoms with Crippen molar-refractivity contribution in [3.63, 3.8) is 0 Å². The van der Waals surface area contributed by atoms with E-state index in [1.165, 1.54) is 6.21 Å². The summed E-state index contributed by atoms with van der Waals surface area (Å²) in [6, 6.07) is 0. The Morgan fingerprint density at radius 1 is 1.86 bits per heavy atom. The molecule has 0 aliphatic heterocycles. The third kappa shape index (κ3) is 5.76. The molecule has 0 N–H and O–H groups in total. The summed E-state index contributed by atoms with van der Waals surface area (Å²) in [5.41, 5.74) is 0. The number of hydrogen-bond donors (Lipinski definition) is 0. The lowest BCUT2D eigenvalue weighted by Crippen LogP contribution is -1.80. The summed E-state index contributed by atoms with van der Waals surface area (Å²) < 4.78 is 0. The molecule has 0 radical (unpaired) electrons. The van der Waals surface area contributed by atoms with Crippen molar-refractivity contribution >= 4 is 17.8 Å². The van der Waals surface area contributed by atoms with Crippen LogP contribution in [0.25, 0.3) is 0 Å². The lowest BCUT2D eigenvalue weighted by molar-refractivity contribution is 0.160. The molecule has 2 nitrogen and oxygen atoms in total. The van der Waals surface area contributed by atoms with Gasteiger partial charge in [-0.25, -0.2) is 0 Å². The first-order valence-electron chi connectivity index (χ1n) is 2.11. The summed E-state index contributed by atoms with van der Waals surface area (Å²) in [7, 11) is 0. The number of rotatable bonds is 3. The van der Waals surface area contributed by atoms with Crippen LogP contribution in [0.1, 0.15) is 6.92 Å². The molecule has 0 aromatic rings. The van der Waals surface area contributed by atoms with E-state index in [0.29, 0.717) is 12.5 Å². The summed E-state index contributed by atoms with van der Waals surface area (Å²) in [6.07, 6.45) is 1.51. The first-order chi connectivity index (χ1) is 3.41. The first-order valence-corrected chi connectivity index (χ1v) is 2.65. The van der Waals surface area contributed by atoms with E-state index < -0.39 is 0 Å². The number of oxime groups is 1. The third-order valence-corrected chi connectivity index (χ3v) is 0.485. The van der Waals surface area contributed by atoms with E-state index in [9.17, 15) is 0 Å². The van der Waals surface area contributed by atoms with Gasteiger partial charge in [-0.15, -0.1) is 11.6 Å². The molecule has 0 amide bonds. The Labute approximate surface area is 48.1 Å². The Hall–Kier alpha value is -0.240. The summed E-state index contributed by atoms with van der Waals surface area (Å²) in [5.74, 6) is 0.417. The number of alkyl halides is 1. The summed E-state index contributed by atoms with van der Waals surface area (Å²) >= 11 is 5.21. The Bertz CT molecular complexity index is 55.7. The normalized spacial score (nSPS) is 10.0. The van der Waals surface area contributed by atoms with Crippen LogP contribution in [0.15, 0.2) is 5.16 Å².